The molecule has 7 heteroatoms. The topological polar surface area (TPSA) is 95.4 Å². The van der Waals surface area contributed by atoms with E-state index in [1.54, 1.807) is 28.9 Å². The molecule has 0 spiro atoms. The van der Waals surface area contributed by atoms with Crippen molar-refractivity contribution in [2.24, 2.45) is 5.73 Å². The molecule has 4 rings (SSSR count). The second kappa shape index (κ2) is 6.64. The van der Waals surface area contributed by atoms with Crippen LogP contribution in [-0.4, -0.2) is 25.5 Å². The van der Waals surface area contributed by atoms with Gasteiger partial charge in [-0.15, -0.1) is 0 Å². The van der Waals surface area contributed by atoms with Gasteiger partial charge in [-0.3, -0.25) is 4.79 Å². The monoisotopic (exact) mass is 345 g/mol. The van der Waals surface area contributed by atoms with E-state index in [1.165, 1.54) is 6.33 Å². The highest BCUT2D eigenvalue weighted by Gasteiger charge is 2.13. The molecule has 0 unspecified atom stereocenters. The van der Waals surface area contributed by atoms with Gasteiger partial charge in [0, 0.05) is 17.8 Å². The third kappa shape index (κ3) is 2.98. The molecule has 3 heterocycles. The van der Waals surface area contributed by atoms with E-state index >= 15 is 0 Å². The molecule has 0 aliphatic heterocycles. The maximum absolute atomic E-state index is 11.5. The second-order valence-corrected chi connectivity index (χ2v) is 5.65. The summed E-state index contributed by atoms with van der Waals surface area (Å²) in [4.78, 5) is 20.0. The lowest BCUT2D eigenvalue weighted by Gasteiger charge is -2.08. The van der Waals surface area contributed by atoms with Gasteiger partial charge >= 0.3 is 0 Å². The van der Waals surface area contributed by atoms with Crippen LogP contribution < -0.4 is 10.5 Å². The van der Waals surface area contributed by atoms with Crippen molar-refractivity contribution in [3.63, 3.8) is 0 Å². The summed E-state index contributed by atoms with van der Waals surface area (Å²) in [6.45, 7) is 0.452. The number of carbonyl (C=O) groups excluding carboxylic acids is 1. The number of hydrogen-bond acceptors (Lipinski definition) is 5. The van der Waals surface area contributed by atoms with Crippen molar-refractivity contribution in [2.75, 3.05) is 0 Å². The van der Waals surface area contributed by atoms with Crippen molar-refractivity contribution >= 4 is 11.6 Å². The van der Waals surface area contributed by atoms with Gasteiger partial charge in [0.25, 0.3) is 5.91 Å². The first kappa shape index (κ1) is 15.8. The van der Waals surface area contributed by atoms with Gasteiger partial charge in [0.15, 0.2) is 5.65 Å². The standard InChI is InChI=1S/C19H15N5O2/c20-18(25)15-7-8-16(24-19(15)22-12-23-24)14-6-9-17(21-10-14)26-11-13-4-2-1-3-5-13/h1-10,12H,11H2,(H2,20,25). The Labute approximate surface area is 149 Å². The molecular weight excluding hydrogens is 330 g/mol. The van der Waals surface area contributed by atoms with Crippen molar-refractivity contribution in [3.05, 3.63) is 78.2 Å². The molecule has 0 saturated carbocycles. The summed E-state index contributed by atoms with van der Waals surface area (Å²) in [6, 6.07) is 17.0. The Bertz CT molecular complexity index is 1060. The molecule has 4 aromatic rings. The van der Waals surface area contributed by atoms with Crippen LogP contribution in [0, 0.1) is 0 Å². The molecule has 0 aliphatic rings. The quantitative estimate of drug-likeness (QED) is 0.599. The van der Waals surface area contributed by atoms with Gasteiger partial charge in [-0.1, -0.05) is 30.3 Å². The summed E-state index contributed by atoms with van der Waals surface area (Å²) in [5, 5.41) is 4.18. The number of nitrogens with two attached hydrogens (primary N) is 1. The predicted octanol–water partition coefficient (Wildman–Crippen LogP) is 2.47. The third-order valence-corrected chi connectivity index (χ3v) is 3.95. The first-order chi connectivity index (χ1) is 12.7. The molecule has 26 heavy (non-hydrogen) atoms. The van der Waals surface area contributed by atoms with Crippen LogP contribution in [0.2, 0.25) is 0 Å². The number of hydrogen-bond donors (Lipinski definition) is 1. The largest absolute Gasteiger partial charge is 0.473 e. The van der Waals surface area contributed by atoms with Gasteiger partial charge in [0.1, 0.15) is 12.9 Å². The SMILES string of the molecule is NC(=O)c1ccc(-c2ccc(OCc3ccccc3)nc2)n2ncnc12. The fourth-order valence-corrected chi connectivity index (χ4v) is 2.67. The Hall–Kier alpha value is -3.74. The van der Waals surface area contributed by atoms with E-state index in [1.807, 2.05) is 36.4 Å². The summed E-state index contributed by atoms with van der Waals surface area (Å²) >= 11 is 0. The number of aromatic nitrogens is 4. The van der Waals surface area contributed by atoms with Crippen molar-refractivity contribution in [2.45, 2.75) is 6.61 Å². The normalized spacial score (nSPS) is 10.8. The molecular formula is C19H15N5O2. The minimum absolute atomic E-state index is 0.321. The molecule has 0 saturated heterocycles. The number of rotatable bonds is 5. The number of primary amides is 1. The van der Waals surface area contributed by atoms with Crippen LogP contribution in [0.4, 0.5) is 0 Å². The molecule has 0 bridgehead atoms. The van der Waals surface area contributed by atoms with Crippen LogP contribution in [0.1, 0.15) is 15.9 Å². The molecule has 1 amide bonds. The number of benzene rings is 1. The maximum Gasteiger partial charge on any atom is 0.252 e. The van der Waals surface area contributed by atoms with E-state index in [2.05, 4.69) is 15.1 Å². The number of nitrogens with zero attached hydrogens (tertiary/aromatic N) is 4. The molecule has 2 N–H and O–H groups in total. The Morgan fingerprint density at radius 2 is 1.88 bits per heavy atom. The zero-order valence-electron chi connectivity index (χ0n) is 13.7. The molecule has 0 fully saturated rings. The Balaban J connectivity index is 1.59. The molecule has 0 radical (unpaired) electrons. The van der Waals surface area contributed by atoms with Gasteiger partial charge < -0.3 is 10.5 Å². The van der Waals surface area contributed by atoms with Crippen LogP contribution >= 0.6 is 0 Å². The van der Waals surface area contributed by atoms with Crippen LogP contribution in [0.15, 0.2) is 67.1 Å². The van der Waals surface area contributed by atoms with Crippen LogP contribution in [0.25, 0.3) is 16.9 Å². The summed E-state index contributed by atoms with van der Waals surface area (Å²) < 4.78 is 7.27. The van der Waals surface area contributed by atoms with Gasteiger partial charge in [0.05, 0.1) is 11.3 Å². The van der Waals surface area contributed by atoms with Gasteiger partial charge in [-0.05, 0) is 23.8 Å². The smallest absolute Gasteiger partial charge is 0.252 e. The lowest BCUT2D eigenvalue weighted by atomic mass is 10.1. The summed E-state index contributed by atoms with van der Waals surface area (Å²) in [5.74, 6) is -0.0153. The van der Waals surface area contributed by atoms with Crippen LogP contribution in [0.3, 0.4) is 0 Å². The Morgan fingerprint density at radius 1 is 1.04 bits per heavy atom. The van der Waals surface area contributed by atoms with Gasteiger partial charge in [-0.25, -0.2) is 14.5 Å². The third-order valence-electron chi connectivity index (χ3n) is 3.95. The Morgan fingerprint density at radius 3 is 2.62 bits per heavy atom. The number of ether oxygens (including phenoxy) is 1. The Kier molecular flexibility index (Phi) is 4.03. The van der Waals surface area contributed by atoms with Crippen LogP contribution in [0.5, 0.6) is 5.88 Å². The van der Waals surface area contributed by atoms with E-state index < -0.39 is 5.91 Å². The minimum Gasteiger partial charge on any atom is -0.473 e. The molecule has 0 atom stereocenters. The van der Waals surface area contributed by atoms with E-state index in [9.17, 15) is 4.79 Å². The highest BCUT2D eigenvalue weighted by Crippen LogP contribution is 2.22. The molecule has 7 nitrogen and oxygen atoms in total. The summed E-state index contributed by atoms with van der Waals surface area (Å²) in [5.41, 5.74) is 8.77. The van der Waals surface area contributed by atoms with Gasteiger partial charge in [0.2, 0.25) is 5.88 Å². The van der Waals surface area contributed by atoms with Crippen LogP contribution in [-0.2, 0) is 6.61 Å². The molecule has 0 aliphatic carbocycles. The second-order valence-electron chi connectivity index (χ2n) is 5.65. The van der Waals surface area contributed by atoms with Crippen molar-refractivity contribution in [1.82, 2.24) is 19.6 Å². The fourth-order valence-electron chi connectivity index (χ4n) is 2.67. The van der Waals surface area contributed by atoms with E-state index in [0.717, 1.165) is 16.8 Å². The number of pyridine rings is 2. The van der Waals surface area contributed by atoms with E-state index in [-0.39, 0.29) is 0 Å². The molecule has 1 aromatic carbocycles. The highest BCUT2D eigenvalue weighted by molar-refractivity contribution is 5.99. The lowest BCUT2D eigenvalue weighted by Crippen LogP contribution is -2.13. The average Bonchev–Trinajstić information content (AvgIpc) is 3.16. The summed E-state index contributed by atoms with van der Waals surface area (Å²) in [7, 11) is 0. The molecule has 128 valence electrons. The number of fused-ring (bicyclic) bond motifs is 1. The average molecular weight is 345 g/mol. The lowest BCUT2D eigenvalue weighted by molar-refractivity contribution is 0.100. The zero-order chi connectivity index (χ0) is 17.9. The number of carbonyl (C=O) groups is 1. The summed E-state index contributed by atoms with van der Waals surface area (Å²) in [6.07, 6.45) is 3.08. The molecule has 3 aromatic heterocycles. The van der Waals surface area contributed by atoms with Crippen molar-refractivity contribution in [3.8, 4) is 17.1 Å². The zero-order valence-corrected chi connectivity index (χ0v) is 13.7. The van der Waals surface area contributed by atoms with E-state index in [4.69, 9.17) is 10.5 Å². The maximum atomic E-state index is 11.5. The number of amides is 1. The van der Waals surface area contributed by atoms with Crippen molar-refractivity contribution in [1.29, 1.82) is 0 Å². The van der Waals surface area contributed by atoms with Gasteiger partial charge in [-0.2, -0.15) is 5.10 Å². The highest BCUT2D eigenvalue weighted by atomic mass is 16.5. The van der Waals surface area contributed by atoms with Crippen molar-refractivity contribution < 1.29 is 9.53 Å². The first-order valence-corrected chi connectivity index (χ1v) is 7.98. The minimum atomic E-state index is -0.544. The van der Waals surface area contributed by atoms with E-state index in [0.29, 0.717) is 23.7 Å². The first-order valence-electron chi connectivity index (χ1n) is 7.98. The fraction of sp³-hybridized carbons (Fsp3) is 0.0526. The predicted molar refractivity (Wildman–Crippen MR) is 95.5 cm³/mol.